The van der Waals surface area contributed by atoms with Crippen molar-refractivity contribution in [2.24, 2.45) is 13.0 Å². The Balaban J connectivity index is 1.73. The molecule has 2 aromatic carbocycles. The van der Waals surface area contributed by atoms with Gasteiger partial charge in [0.15, 0.2) is 11.0 Å². The van der Waals surface area contributed by atoms with Gasteiger partial charge in [0, 0.05) is 18.4 Å². The molecule has 3 aromatic rings. The summed E-state index contributed by atoms with van der Waals surface area (Å²) in [7, 11) is 1.96. The molecule has 0 aliphatic carbocycles. The number of thioether (sulfide) groups is 1. The summed E-state index contributed by atoms with van der Waals surface area (Å²) in [5.41, 5.74) is 3.14. The molecule has 1 aromatic heterocycles. The number of amides is 1. The summed E-state index contributed by atoms with van der Waals surface area (Å²) < 4.78 is 1.98. The van der Waals surface area contributed by atoms with E-state index < -0.39 is 0 Å². The molecule has 0 bridgehead atoms. The van der Waals surface area contributed by atoms with Gasteiger partial charge in [0.25, 0.3) is 5.91 Å². The van der Waals surface area contributed by atoms with Gasteiger partial charge < -0.3 is 9.88 Å². The maximum absolute atomic E-state index is 12.6. The molecule has 0 spiro atoms. The Labute approximate surface area is 170 Å². The molecule has 1 N–H and O–H groups in total. The van der Waals surface area contributed by atoms with Gasteiger partial charge in [-0.15, -0.1) is 10.2 Å². The quantitative estimate of drug-likeness (QED) is 0.598. The molecule has 0 radical (unpaired) electrons. The third kappa shape index (κ3) is 4.81. The molecule has 1 heterocycles. The van der Waals surface area contributed by atoms with Crippen LogP contribution in [0.5, 0.6) is 0 Å². The number of carbonyl (C=O) groups is 1. The second-order valence-electron chi connectivity index (χ2n) is 7.24. The van der Waals surface area contributed by atoms with Crippen LogP contribution < -0.4 is 5.32 Å². The molecule has 5 nitrogen and oxygen atoms in total. The maximum atomic E-state index is 12.6. The van der Waals surface area contributed by atoms with Crippen LogP contribution in [0.3, 0.4) is 0 Å². The number of hydrogen-bond acceptors (Lipinski definition) is 4. The normalized spacial score (nSPS) is 12.2. The lowest BCUT2D eigenvalue weighted by molar-refractivity contribution is 0.0922. The highest BCUT2D eigenvalue weighted by molar-refractivity contribution is 7.98. The first-order valence-corrected chi connectivity index (χ1v) is 10.4. The van der Waals surface area contributed by atoms with Crippen LogP contribution in [0.2, 0.25) is 0 Å². The molecule has 3 rings (SSSR count). The summed E-state index contributed by atoms with van der Waals surface area (Å²) in [6.45, 7) is 6.23. The van der Waals surface area contributed by atoms with Gasteiger partial charge in [-0.2, -0.15) is 0 Å². The van der Waals surface area contributed by atoms with Gasteiger partial charge in [0.1, 0.15) is 0 Å². The summed E-state index contributed by atoms with van der Waals surface area (Å²) in [4.78, 5) is 12.6. The SMILES string of the molecule is Cc1ccc(CSc2nnc([C@@H](NC(=O)c3ccccc3)C(C)C)n2C)cc1. The number of rotatable bonds is 7. The van der Waals surface area contributed by atoms with Crippen LogP contribution in [0, 0.1) is 12.8 Å². The fraction of sp³-hybridized carbons (Fsp3) is 0.318. The van der Waals surface area contributed by atoms with Crippen molar-refractivity contribution in [3.8, 4) is 0 Å². The second-order valence-corrected chi connectivity index (χ2v) is 8.18. The minimum atomic E-state index is -0.209. The lowest BCUT2D eigenvalue weighted by Gasteiger charge is -2.21. The fourth-order valence-corrected chi connectivity index (χ4v) is 3.77. The van der Waals surface area contributed by atoms with Gasteiger partial charge in [0.2, 0.25) is 0 Å². The standard InChI is InChI=1S/C22H26N4OS/c1-15(2)19(23-21(27)18-8-6-5-7-9-18)20-24-25-22(26(20)4)28-14-17-12-10-16(3)11-13-17/h5-13,15,19H,14H2,1-4H3,(H,23,27)/t19-/m0/s1. The zero-order valence-corrected chi connectivity index (χ0v) is 17.5. The lowest BCUT2D eigenvalue weighted by atomic mass is 10.0. The van der Waals surface area contributed by atoms with Crippen molar-refractivity contribution < 1.29 is 4.79 Å². The Morgan fingerprint density at radius 3 is 2.39 bits per heavy atom. The number of nitrogens with one attached hydrogen (secondary N) is 1. The molecule has 28 heavy (non-hydrogen) atoms. The Morgan fingerprint density at radius 1 is 1.07 bits per heavy atom. The molecule has 0 aliphatic rings. The van der Waals surface area contributed by atoms with Gasteiger partial charge in [-0.1, -0.05) is 73.6 Å². The highest BCUT2D eigenvalue weighted by Gasteiger charge is 2.25. The molecule has 1 amide bonds. The first kappa shape index (κ1) is 20.1. The van der Waals surface area contributed by atoms with Crippen LogP contribution >= 0.6 is 11.8 Å². The monoisotopic (exact) mass is 394 g/mol. The molecule has 1 atom stereocenters. The van der Waals surface area contributed by atoms with Crippen molar-refractivity contribution >= 4 is 17.7 Å². The minimum Gasteiger partial charge on any atom is -0.342 e. The zero-order chi connectivity index (χ0) is 20.1. The van der Waals surface area contributed by atoms with E-state index in [1.807, 2.05) is 41.9 Å². The molecule has 0 fully saturated rings. The summed E-state index contributed by atoms with van der Waals surface area (Å²) >= 11 is 1.65. The average molecular weight is 395 g/mol. The molecule has 146 valence electrons. The third-order valence-electron chi connectivity index (χ3n) is 4.62. The number of hydrogen-bond donors (Lipinski definition) is 1. The number of aryl methyl sites for hydroxylation is 1. The van der Waals surface area contributed by atoms with Gasteiger partial charge >= 0.3 is 0 Å². The number of nitrogens with zero attached hydrogens (tertiary/aromatic N) is 3. The first-order chi connectivity index (χ1) is 13.5. The number of aromatic nitrogens is 3. The van der Waals surface area contributed by atoms with E-state index in [0.29, 0.717) is 5.56 Å². The van der Waals surface area contributed by atoms with Crippen molar-refractivity contribution in [1.82, 2.24) is 20.1 Å². The van der Waals surface area contributed by atoms with Gasteiger partial charge in [0.05, 0.1) is 6.04 Å². The molecular weight excluding hydrogens is 368 g/mol. The van der Waals surface area contributed by atoms with E-state index in [0.717, 1.165) is 16.7 Å². The topological polar surface area (TPSA) is 59.8 Å². The Morgan fingerprint density at radius 2 is 1.75 bits per heavy atom. The molecule has 0 saturated heterocycles. The van der Waals surface area contributed by atoms with E-state index >= 15 is 0 Å². The lowest BCUT2D eigenvalue weighted by Crippen LogP contribution is -2.33. The van der Waals surface area contributed by atoms with Gasteiger partial charge in [-0.3, -0.25) is 4.79 Å². The van der Waals surface area contributed by atoms with Crippen LogP contribution in [-0.4, -0.2) is 20.7 Å². The smallest absolute Gasteiger partial charge is 0.251 e. The van der Waals surface area contributed by atoms with Gasteiger partial charge in [-0.25, -0.2) is 0 Å². The number of carbonyl (C=O) groups excluding carboxylic acids is 1. The van der Waals surface area contributed by atoms with E-state index in [4.69, 9.17) is 0 Å². The van der Waals surface area contributed by atoms with Crippen molar-refractivity contribution in [3.05, 3.63) is 77.1 Å². The van der Waals surface area contributed by atoms with Gasteiger partial charge in [-0.05, 0) is 30.5 Å². The molecule has 0 aliphatic heterocycles. The van der Waals surface area contributed by atoms with Crippen LogP contribution in [0.4, 0.5) is 0 Å². The molecular formula is C22H26N4OS. The predicted octanol–water partition coefficient (Wildman–Crippen LogP) is 4.54. The predicted molar refractivity (Wildman–Crippen MR) is 113 cm³/mol. The summed E-state index contributed by atoms with van der Waals surface area (Å²) in [5.74, 6) is 1.68. The Kier molecular flexibility index (Phi) is 6.52. The molecule has 0 saturated carbocycles. The van der Waals surface area contributed by atoms with Crippen molar-refractivity contribution in [3.63, 3.8) is 0 Å². The Hall–Kier alpha value is -2.60. The highest BCUT2D eigenvalue weighted by atomic mass is 32.2. The largest absolute Gasteiger partial charge is 0.342 e. The van der Waals surface area contributed by atoms with Crippen molar-refractivity contribution in [2.45, 2.75) is 37.7 Å². The first-order valence-electron chi connectivity index (χ1n) is 9.39. The van der Waals surface area contributed by atoms with Crippen LogP contribution in [0.15, 0.2) is 59.8 Å². The van der Waals surface area contributed by atoms with Crippen LogP contribution in [0.25, 0.3) is 0 Å². The zero-order valence-electron chi connectivity index (χ0n) is 16.7. The fourth-order valence-electron chi connectivity index (χ4n) is 2.90. The highest BCUT2D eigenvalue weighted by Crippen LogP contribution is 2.26. The Bertz CT molecular complexity index is 919. The second kappa shape index (κ2) is 9.06. The van der Waals surface area contributed by atoms with Crippen LogP contribution in [0.1, 0.15) is 47.2 Å². The summed E-state index contributed by atoms with van der Waals surface area (Å²) in [6.07, 6.45) is 0. The van der Waals surface area contributed by atoms with E-state index in [1.165, 1.54) is 11.1 Å². The molecule has 0 unspecified atom stereocenters. The summed E-state index contributed by atoms with van der Waals surface area (Å²) in [6, 6.07) is 17.5. The number of benzene rings is 2. The minimum absolute atomic E-state index is 0.101. The third-order valence-corrected chi connectivity index (χ3v) is 5.72. The van der Waals surface area contributed by atoms with E-state index in [1.54, 1.807) is 11.8 Å². The van der Waals surface area contributed by atoms with E-state index in [-0.39, 0.29) is 17.9 Å². The molecule has 6 heteroatoms. The van der Waals surface area contributed by atoms with E-state index in [9.17, 15) is 4.79 Å². The summed E-state index contributed by atoms with van der Waals surface area (Å²) in [5, 5.41) is 12.7. The van der Waals surface area contributed by atoms with E-state index in [2.05, 4.69) is 60.6 Å². The van der Waals surface area contributed by atoms with Crippen molar-refractivity contribution in [2.75, 3.05) is 0 Å². The van der Waals surface area contributed by atoms with Crippen LogP contribution in [-0.2, 0) is 12.8 Å². The van der Waals surface area contributed by atoms with Crippen molar-refractivity contribution in [1.29, 1.82) is 0 Å². The maximum Gasteiger partial charge on any atom is 0.251 e. The average Bonchev–Trinajstić information content (AvgIpc) is 3.06.